The zero-order valence-corrected chi connectivity index (χ0v) is 20.8. The van der Waals surface area contributed by atoms with Crippen molar-refractivity contribution in [3.05, 3.63) is 101 Å². The molecular weight excluding hydrogens is 539 g/mol. The van der Waals surface area contributed by atoms with Gasteiger partial charge in [0, 0.05) is 18.8 Å². The molecule has 0 saturated heterocycles. The fourth-order valence-electron chi connectivity index (χ4n) is 3.20. The first-order valence-electron chi connectivity index (χ1n) is 11.4. The van der Waals surface area contributed by atoms with Crippen molar-refractivity contribution in [2.45, 2.75) is 19.3 Å². The van der Waals surface area contributed by atoms with Crippen LogP contribution in [0.15, 0.2) is 72.8 Å². The highest BCUT2D eigenvalue weighted by molar-refractivity contribution is 7.80. The van der Waals surface area contributed by atoms with E-state index in [-0.39, 0.29) is 53.4 Å². The minimum Gasteiger partial charge on any atom is -0.350 e. The van der Waals surface area contributed by atoms with Crippen LogP contribution < -0.4 is 26.8 Å². The van der Waals surface area contributed by atoms with E-state index >= 15 is 0 Å². The van der Waals surface area contributed by atoms with Crippen LogP contribution in [0.3, 0.4) is 0 Å². The summed E-state index contributed by atoms with van der Waals surface area (Å²) in [5.74, 6) is -0.368. The van der Waals surface area contributed by atoms with E-state index in [9.17, 15) is 22.0 Å². The van der Waals surface area contributed by atoms with Gasteiger partial charge in [-0.25, -0.2) is 8.78 Å². The van der Waals surface area contributed by atoms with Crippen LogP contribution in [0.25, 0.3) is 0 Å². The van der Waals surface area contributed by atoms with E-state index in [4.69, 9.17) is 12.2 Å². The third kappa shape index (κ3) is 8.46. The number of hydrogen-bond donors (Lipinski definition) is 5. The Morgan fingerprint density at radius 2 is 1.23 bits per heavy atom. The van der Waals surface area contributed by atoms with Gasteiger partial charge in [-0.05, 0) is 65.8 Å². The molecule has 5 N–H and O–H groups in total. The fraction of sp³-hybridized carbons (Fsp3) is 0.120. The molecule has 0 unspecified atom stereocenters. The second kappa shape index (κ2) is 12.3. The molecule has 4 aromatic rings. The van der Waals surface area contributed by atoms with E-state index in [0.29, 0.717) is 0 Å². The largest absolute Gasteiger partial charge is 0.416 e. The van der Waals surface area contributed by atoms with Crippen molar-refractivity contribution in [2.24, 2.45) is 0 Å². The molecule has 8 nitrogen and oxygen atoms in total. The molecule has 0 aliphatic carbocycles. The Kier molecular flexibility index (Phi) is 8.66. The van der Waals surface area contributed by atoms with Gasteiger partial charge >= 0.3 is 6.18 Å². The van der Waals surface area contributed by atoms with E-state index in [1.54, 1.807) is 24.3 Å². The summed E-state index contributed by atoms with van der Waals surface area (Å²) in [4.78, 5) is 12.8. The molecule has 202 valence electrons. The molecule has 0 radical (unpaired) electrons. The van der Waals surface area contributed by atoms with Crippen LogP contribution in [0.2, 0.25) is 0 Å². The van der Waals surface area contributed by atoms with Gasteiger partial charge in [-0.15, -0.1) is 0 Å². The summed E-state index contributed by atoms with van der Waals surface area (Å²) in [6.07, 6.45) is -4.50. The number of anilines is 4. The fourth-order valence-corrected chi connectivity index (χ4v) is 3.37. The number of halogens is 5. The number of nitrogens with one attached hydrogen (secondary N) is 5. The van der Waals surface area contributed by atoms with Gasteiger partial charge in [0.15, 0.2) is 5.11 Å². The zero-order valence-electron chi connectivity index (χ0n) is 20.0. The number of hydrazine groups is 1. The van der Waals surface area contributed by atoms with Gasteiger partial charge in [0.2, 0.25) is 17.8 Å². The van der Waals surface area contributed by atoms with E-state index in [0.717, 1.165) is 23.3 Å². The van der Waals surface area contributed by atoms with Crippen molar-refractivity contribution in [1.82, 2.24) is 20.4 Å². The summed E-state index contributed by atoms with van der Waals surface area (Å²) in [6.45, 7) is 0.564. The number of hydrogen-bond acceptors (Lipinski definition) is 7. The molecule has 0 spiro atoms. The van der Waals surface area contributed by atoms with Gasteiger partial charge in [-0.2, -0.15) is 28.1 Å². The van der Waals surface area contributed by atoms with Crippen molar-refractivity contribution in [2.75, 3.05) is 21.4 Å². The van der Waals surface area contributed by atoms with Crippen molar-refractivity contribution in [1.29, 1.82) is 0 Å². The highest BCUT2D eigenvalue weighted by Crippen LogP contribution is 2.30. The topological polar surface area (TPSA) is 98.8 Å². The van der Waals surface area contributed by atoms with E-state index in [1.807, 2.05) is 0 Å². The second-order valence-electron chi connectivity index (χ2n) is 8.05. The first-order valence-corrected chi connectivity index (χ1v) is 11.8. The molecule has 3 aromatic carbocycles. The maximum absolute atomic E-state index is 13.2. The Hall–Kier alpha value is -4.59. The van der Waals surface area contributed by atoms with Crippen LogP contribution in [-0.4, -0.2) is 20.1 Å². The Labute approximate surface area is 225 Å². The Balaban J connectivity index is 1.44. The first kappa shape index (κ1) is 27.4. The van der Waals surface area contributed by atoms with Crippen LogP contribution in [0, 0.1) is 11.6 Å². The normalized spacial score (nSPS) is 11.0. The van der Waals surface area contributed by atoms with Crippen molar-refractivity contribution >= 4 is 40.9 Å². The SMILES string of the molecule is Fc1ccc(CNc2nc(NCc3ccc(F)cc3)nc(NNC(=S)Nc3cccc(C(F)(F)F)c3)n2)cc1. The molecule has 14 heteroatoms. The highest BCUT2D eigenvalue weighted by Gasteiger charge is 2.30. The van der Waals surface area contributed by atoms with Crippen LogP contribution in [0.1, 0.15) is 16.7 Å². The molecule has 0 saturated carbocycles. The third-order valence-electron chi connectivity index (χ3n) is 5.10. The molecule has 1 heterocycles. The van der Waals surface area contributed by atoms with Gasteiger partial charge in [0.05, 0.1) is 5.56 Å². The molecule has 0 amide bonds. The Bertz CT molecular complexity index is 1350. The van der Waals surface area contributed by atoms with E-state index in [1.165, 1.54) is 36.4 Å². The van der Waals surface area contributed by atoms with Gasteiger partial charge < -0.3 is 16.0 Å². The maximum atomic E-state index is 13.2. The molecule has 39 heavy (non-hydrogen) atoms. The lowest BCUT2D eigenvalue weighted by Gasteiger charge is -2.14. The van der Waals surface area contributed by atoms with E-state index < -0.39 is 11.7 Å². The zero-order chi connectivity index (χ0) is 27.8. The third-order valence-corrected chi connectivity index (χ3v) is 5.30. The van der Waals surface area contributed by atoms with Crippen LogP contribution in [0.4, 0.5) is 45.5 Å². The predicted octanol–water partition coefficient (Wildman–Crippen LogP) is 5.71. The quantitative estimate of drug-likeness (QED) is 0.100. The van der Waals surface area contributed by atoms with Crippen LogP contribution in [0.5, 0.6) is 0 Å². The molecule has 0 aliphatic heterocycles. The molecule has 0 aliphatic rings. The molecular formula is C25H21F5N8S. The van der Waals surface area contributed by atoms with Gasteiger partial charge in [0.25, 0.3) is 0 Å². The number of aromatic nitrogens is 3. The van der Waals surface area contributed by atoms with Crippen molar-refractivity contribution in [3.63, 3.8) is 0 Å². The van der Waals surface area contributed by atoms with Crippen LogP contribution >= 0.6 is 12.2 Å². The smallest absolute Gasteiger partial charge is 0.350 e. The average Bonchev–Trinajstić information content (AvgIpc) is 2.91. The number of nitrogens with zero attached hydrogens (tertiary/aromatic N) is 3. The summed E-state index contributed by atoms with van der Waals surface area (Å²) in [5.41, 5.74) is 6.15. The lowest BCUT2D eigenvalue weighted by molar-refractivity contribution is -0.137. The van der Waals surface area contributed by atoms with Crippen molar-refractivity contribution in [3.8, 4) is 0 Å². The Morgan fingerprint density at radius 3 is 1.74 bits per heavy atom. The standard InChI is InChI=1S/C25H21F5N8S/c26-18-8-4-15(5-9-18)13-31-21-34-22(32-14-16-6-10-19(27)11-7-16)36-23(35-21)37-38-24(39)33-20-3-1-2-17(12-20)25(28,29)30/h1-12H,13-14H2,(H2,33,38,39)(H3,31,32,34,35,36,37). The summed E-state index contributed by atoms with van der Waals surface area (Å²) < 4.78 is 65.3. The monoisotopic (exact) mass is 560 g/mol. The molecule has 1 aromatic heterocycles. The van der Waals surface area contributed by atoms with Crippen molar-refractivity contribution < 1.29 is 22.0 Å². The average molecular weight is 561 g/mol. The lowest BCUT2D eigenvalue weighted by atomic mass is 10.2. The molecule has 4 rings (SSSR count). The molecule has 0 bridgehead atoms. The number of benzene rings is 3. The summed E-state index contributed by atoms with van der Waals surface area (Å²) in [5, 5.41) is 8.64. The van der Waals surface area contributed by atoms with Crippen LogP contribution in [-0.2, 0) is 19.3 Å². The molecule has 0 atom stereocenters. The van der Waals surface area contributed by atoms with Gasteiger partial charge in [-0.3, -0.25) is 10.9 Å². The summed E-state index contributed by atoms with van der Waals surface area (Å²) in [6, 6.07) is 16.3. The number of alkyl halides is 3. The summed E-state index contributed by atoms with van der Waals surface area (Å²) in [7, 11) is 0. The predicted molar refractivity (Wildman–Crippen MR) is 142 cm³/mol. The maximum Gasteiger partial charge on any atom is 0.416 e. The second-order valence-corrected chi connectivity index (χ2v) is 8.46. The number of thiocarbonyl (C=S) groups is 1. The highest BCUT2D eigenvalue weighted by atomic mass is 32.1. The lowest BCUT2D eigenvalue weighted by Crippen LogP contribution is -2.34. The van der Waals surface area contributed by atoms with Gasteiger partial charge in [0.1, 0.15) is 11.6 Å². The minimum atomic E-state index is -4.50. The summed E-state index contributed by atoms with van der Waals surface area (Å²) >= 11 is 5.16. The number of rotatable bonds is 9. The van der Waals surface area contributed by atoms with Gasteiger partial charge in [-0.1, -0.05) is 30.3 Å². The van der Waals surface area contributed by atoms with E-state index in [2.05, 4.69) is 41.8 Å². The first-order chi connectivity index (χ1) is 18.6. The molecule has 0 fully saturated rings. The minimum absolute atomic E-state index is 0.0291. The Morgan fingerprint density at radius 1 is 0.718 bits per heavy atom.